The van der Waals surface area contributed by atoms with Crippen molar-refractivity contribution in [3.05, 3.63) is 17.0 Å². The van der Waals surface area contributed by atoms with Crippen molar-refractivity contribution in [1.82, 2.24) is 9.62 Å². The molecule has 3 rings (SSSR count). The van der Waals surface area contributed by atoms with Gasteiger partial charge in [0.25, 0.3) is 10.0 Å². The predicted octanol–water partition coefficient (Wildman–Crippen LogP) is 1.97. The summed E-state index contributed by atoms with van der Waals surface area (Å²) < 4.78 is 31.0. The Bertz CT molecular complexity index is 744. The van der Waals surface area contributed by atoms with Gasteiger partial charge in [-0.2, -0.15) is 4.31 Å². The summed E-state index contributed by atoms with van der Waals surface area (Å²) in [6.07, 6.45) is 0.413. The molecular weight excluding hydrogens is 395 g/mol. The Morgan fingerprint density at radius 3 is 2.58 bits per heavy atom. The number of nitrogens with zero attached hydrogens (tertiary/aromatic N) is 1. The maximum Gasteiger partial charge on any atom is 0.252 e. The monoisotopic (exact) mass is 412 g/mol. The highest BCUT2D eigenvalue weighted by atomic mass is 35.5. The molecule has 0 bridgehead atoms. The summed E-state index contributed by atoms with van der Waals surface area (Å²) in [4.78, 5) is 12.9. The topological polar surface area (TPSA) is 75.7 Å². The molecule has 2 fully saturated rings. The van der Waals surface area contributed by atoms with Gasteiger partial charge in [-0.15, -0.1) is 34.5 Å². The fourth-order valence-electron chi connectivity index (χ4n) is 2.51. The Kier molecular flexibility index (Phi) is 4.92. The molecule has 0 radical (unpaired) electrons. The highest BCUT2D eigenvalue weighted by Crippen LogP contribution is 2.63. The lowest BCUT2D eigenvalue weighted by molar-refractivity contribution is -0.125. The van der Waals surface area contributed by atoms with Gasteiger partial charge in [0.2, 0.25) is 5.91 Å². The summed E-state index contributed by atoms with van der Waals surface area (Å²) in [5.74, 6) is -0.224. The lowest BCUT2D eigenvalue weighted by Gasteiger charge is -2.25. The number of alkyl halides is 2. The summed E-state index contributed by atoms with van der Waals surface area (Å²) in [6, 6.07) is 3.28. The van der Waals surface area contributed by atoms with Crippen molar-refractivity contribution >= 4 is 50.5 Å². The summed E-state index contributed by atoms with van der Waals surface area (Å²) in [5.41, 5.74) is -0.782. The molecule has 1 aromatic rings. The fourth-order valence-corrected chi connectivity index (χ4v) is 6.08. The third kappa shape index (κ3) is 3.32. The molecule has 1 aliphatic heterocycles. The Morgan fingerprint density at radius 1 is 1.38 bits per heavy atom. The minimum absolute atomic E-state index is 0.224. The number of sulfonamides is 1. The number of carbonyl (C=O) groups excluding carboxylic acids is 1. The molecule has 24 heavy (non-hydrogen) atoms. The zero-order valence-corrected chi connectivity index (χ0v) is 16.2. The Balaban J connectivity index is 1.62. The number of ether oxygens (including phenoxy) is 1. The predicted molar refractivity (Wildman–Crippen MR) is 92.9 cm³/mol. The van der Waals surface area contributed by atoms with E-state index in [1.807, 2.05) is 0 Å². The van der Waals surface area contributed by atoms with E-state index in [0.29, 0.717) is 32.7 Å². The fraction of sp³-hybridized carbons (Fsp3) is 0.643. The zero-order valence-electron chi connectivity index (χ0n) is 13.0. The number of rotatable bonds is 5. The summed E-state index contributed by atoms with van der Waals surface area (Å²) in [6.45, 7) is 3.50. The number of carbonyl (C=O) groups is 1. The van der Waals surface area contributed by atoms with Crippen LogP contribution in [-0.4, -0.2) is 49.3 Å². The van der Waals surface area contributed by atoms with Crippen LogP contribution in [0.1, 0.15) is 18.2 Å². The van der Waals surface area contributed by atoms with E-state index in [1.165, 1.54) is 4.31 Å². The number of thiophene rings is 1. The third-order valence-corrected chi connectivity index (χ3v) is 8.94. The number of hydrogen-bond donors (Lipinski definition) is 1. The normalized spacial score (nSPS) is 27.0. The number of amides is 1. The van der Waals surface area contributed by atoms with Gasteiger partial charge in [-0.25, -0.2) is 8.42 Å². The van der Waals surface area contributed by atoms with E-state index in [0.717, 1.165) is 16.2 Å². The standard InChI is InChI=1S/C14H18Cl2N2O4S2/c1-13(9-14(13,15)16)12(19)17-8-10-2-3-11(23-10)24(20,21)18-4-6-22-7-5-18/h2-3H,4-9H2,1H3,(H,17,19). The first kappa shape index (κ1) is 18.4. The third-order valence-electron chi connectivity index (χ3n) is 4.38. The molecule has 1 saturated carbocycles. The van der Waals surface area contributed by atoms with E-state index in [9.17, 15) is 13.2 Å². The molecule has 1 N–H and O–H groups in total. The first-order valence-corrected chi connectivity index (χ1v) is 10.5. The van der Waals surface area contributed by atoms with Crippen LogP contribution in [0.25, 0.3) is 0 Å². The quantitative estimate of drug-likeness (QED) is 0.749. The van der Waals surface area contributed by atoms with E-state index in [4.69, 9.17) is 27.9 Å². The largest absolute Gasteiger partial charge is 0.379 e. The van der Waals surface area contributed by atoms with E-state index < -0.39 is 19.8 Å². The Labute approximate surface area is 155 Å². The van der Waals surface area contributed by atoms with Crippen LogP contribution < -0.4 is 5.32 Å². The Hall–Kier alpha value is -0.380. The Morgan fingerprint density at radius 2 is 2.00 bits per heavy atom. The molecular formula is C14H18Cl2N2O4S2. The van der Waals surface area contributed by atoms with Gasteiger partial charge < -0.3 is 10.1 Å². The number of hydrogen-bond acceptors (Lipinski definition) is 5. The van der Waals surface area contributed by atoms with Crippen LogP contribution in [0.15, 0.2) is 16.3 Å². The van der Waals surface area contributed by atoms with Crippen molar-refractivity contribution in [1.29, 1.82) is 0 Å². The van der Waals surface area contributed by atoms with Gasteiger partial charge in [0.1, 0.15) is 8.54 Å². The van der Waals surface area contributed by atoms with Gasteiger partial charge in [-0.1, -0.05) is 0 Å². The van der Waals surface area contributed by atoms with Gasteiger partial charge in [0.15, 0.2) is 0 Å². The lowest BCUT2D eigenvalue weighted by atomic mass is 10.1. The van der Waals surface area contributed by atoms with Crippen molar-refractivity contribution in [2.45, 2.75) is 28.4 Å². The number of halogens is 2. The molecule has 1 aromatic heterocycles. The van der Waals surface area contributed by atoms with Crippen molar-refractivity contribution in [2.24, 2.45) is 5.41 Å². The molecule has 6 nitrogen and oxygen atoms in total. The molecule has 10 heteroatoms. The van der Waals surface area contributed by atoms with Crippen LogP contribution in [0.2, 0.25) is 0 Å². The van der Waals surface area contributed by atoms with Crippen LogP contribution in [0.3, 0.4) is 0 Å². The average Bonchev–Trinajstić information content (AvgIpc) is 2.92. The van der Waals surface area contributed by atoms with Crippen LogP contribution in [0.4, 0.5) is 0 Å². The minimum Gasteiger partial charge on any atom is -0.379 e. The van der Waals surface area contributed by atoms with Gasteiger partial charge >= 0.3 is 0 Å². The van der Waals surface area contributed by atoms with Gasteiger partial charge in [0, 0.05) is 18.0 Å². The van der Waals surface area contributed by atoms with Crippen molar-refractivity contribution in [3.63, 3.8) is 0 Å². The van der Waals surface area contributed by atoms with Crippen molar-refractivity contribution in [2.75, 3.05) is 26.3 Å². The van der Waals surface area contributed by atoms with Gasteiger partial charge in [-0.05, 0) is 25.5 Å². The smallest absolute Gasteiger partial charge is 0.252 e. The van der Waals surface area contributed by atoms with Crippen LogP contribution in [0, 0.1) is 5.41 Å². The van der Waals surface area contributed by atoms with Gasteiger partial charge in [0.05, 0.1) is 25.2 Å². The second-order valence-corrected chi connectivity index (χ2v) is 11.0. The van der Waals surface area contributed by atoms with E-state index in [1.54, 1.807) is 19.1 Å². The van der Waals surface area contributed by atoms with E-state index in [2.05, 4.69) is 5.32 Å². The molecule has 1 unspecified atom stereocenters. The maximum atomic E-state index is 12.6. The summed E-state index contributed by atoms with van der Waals surface area (Å²) in [5, 5.41) is 2.78. The SMILES string of the molecule is CC1(C(=O)NCc2ccc(S(=O)(=O)N3CCOCC3)s2)CC1(Cl)Cl. The highest BCUT2D eigenvalue weighted by molar-refractivity contribution is 7.91. The second kappa shape index (κ2) is 6.41. The summed E-state index contributed by atoms with van der Waals surface area (Å²) in [7, 11) is -3.50. The minimum atomic E-state index is -3.50. The lowest BCUT2D eigenvalue weighted by Crippen LogP contribution is -2.40. The molecule has 2 heterocycles. The van der Waals surface area contributed by atoms with Crippen LogP contribution >= 0.6 is 34.5 Å². The van der Waals surface area contributed by atoms with E-state index in [-0.39, 0.29) is 16.7 Å². The first-order valence-electron chi connectivity index (χ1n) is 7.50. The molecule has 134 valence electrons. The van der Waals surface area contributed by atoms with Gasteiger partial charge in [-0.3, -0.25) is 4.79 Å². The molecule has 1 saturated heterocycles. The number of morpholine rings is 1. The summed E-state index contributed by atoms with van der Waals surface area (Å²) >= 11 is 13.1. The second-order valence-electron chi connectivity index (χ2n) is 6.13. The molecule has 0 aromatic carbocycles. The zero-order chi connectivity index (χ0) is 17.6. The first-order chi connectivity index (χ1) is 11.2. The highest BCUT2D eigenvalue weighted by Gasteiger charge is 2.67. The molecule has 0 spiro atoms. The average molecular weight is 413 g/mol. The van der Waals surface area contributed by atoms with Crippen LogP contribution in [-0.2, 0) is 26.1 Å². The van der Waals surface area contributed by atoms with Crippen molar-refractivity contribution in [3.8, 4) is 0 Å². The number of nitrogens with one attached hydrogen (secondary N) is 1. The molecule has 1 aliphatic carbocycles. The molecule has 1 atom stereocenters. The molecule has 1 amide bonds. The van der Waals surface area contributed by atoms with Crippen molar-refractivity contribution < 1.29 is 17.9 Å². The van der Waals surface area contributed by atoms with E-state index >= 15 is 0 Å². The van der Waals surface area contributed by atoms with Crippen LogP contribution in [0.5, 0.6) is 0 Å². The maximum absolute atomic E-state index is 12.6. The molecule has 2 aliphatic rings.